The Kier molecular flexibility index (Phi) is 9.87. The molecule has 0 bridgehead atoms. The zero-order valence-corrected chi connectivity index (χ0v) is 19.9. The van der Waals surface area contributed by atoms with Crippen molar-refractivity contribution >= 4 is 33.6 Å². The van der Waals surface area contributed by atoms with E-state index in [9.17, 15) is 9.59 Å². The van der Waals surface area contributed by atoms with Crippen LogP contribution in [0, 0.1) is 0 Å². The molecule has 0 unspecified atom stereocenters. The fraction of sp³-hybridized carbons (Fsp3) is 0.619. The second-order valence-electron chi connectivity index (χ2n) is 7.29. The minimum atomic E-state index is -0.253. The molecule has 2 aliphatic heterocycles. The minimum Gasteiger partial charge on any atom is -0.450 e. The number of nitrogens with one attached hydrogen (secondary N) is 3. The topological polar surface area (TPSA) is 85.9 Å². The molecule has 2 atom stereocenters. The quantitative estimate of drug-likeness (QED) is 0.534. The number of carbonyl (C=O) groups is 2. The molecule has 3 N–H and O–H groups in total. The number of anilines is 1. The molecule has 9 heteroatoms. The fourth-order valence-electron chi connectivity index (χ4n) is 3.98. The van der Waals surface area contributed by atoms with Gasteiger partial charge in [-0.3, -0.25) is 4.79 Å². The van der Waals surface area contributed by atoms with Gasteiger partial charge in [0.05, 0.1) is 18.8 Å². The second-order valence-corrected chi connectivity index (χ2v) is 8.15. The third kappa shape index (κ3) is 5.86. The zero-order chi connectivity index (χ0) is 22.1. The van der Waals surface area contributed by atoms with Crippen molar-refractivity contribution < 1.29 is 14.3 Å². The molecule has 0 radical (unpaired) electrons. The van der Waals surface area contributed by atoms with Gasteiger partial charge in [-0.15, -0.1) is 0 Å². The molecular weight excluding hydrogens is 450 g/mol. The van der Waals surface area contributed by atoms with E-state index in [-0.39, 0.29) is 24.0 Å². The van der Waals surface area contributed by atoms with Crippen molar-refractivity contribution in [1.29, 1.82) is 0 Å². The van der Waals surface area contributed by atoms with Crippen LogP contribution in [0.25, 0.3) is 0 Å². The molecule has 1 aromatic carbocycles. The maximum atomic E-state index is 12.1. The van der Waals surface area contributed by atoms with Gasteiger partial charge in [-0.2, -0.15) is 0 Å². The number of hydrogen-bond acceptors (Lipinski definition) is 6. The van der Waals surface area contributed by atoms with Crippen LogP contribution < -0.4 is 20.9 Å². The van der Waals surface area contributed by atoms with Crippen LogP contribution in [0.1, 0.15) is 24.8 Å². The molecule has 168 valence electrons. The van der Waals surface area contributed by atoms with Crippen LogP contribution in [0.5, 0.6) is 0 Å². The number of halogens is 1. The molecule has 2 aliphatic rings. The molecule has 30 heavy (non-hydrogen) atoms. The summed E-state index contributed by atoms with van der Waals surface area (Å²) in [5.74, 6) is 0.186. The molecule has 0 aliphatic carbocycles. The summed E-state index contributed by atoms with van der Waals surface area (Å²) < 4.78 is 6.14. The normalized spacial score (nSPS) is 19.4. The van der Waals surface area contributed by atoms with E-state index in [2.05, 4.69) is 42.8 Å². The summed E-state index contributed by atoms with van der Waals surface area (Å²) in [5.41, 5.74) is 2.26. The van der Waals surface area contributed by atoms with Gasteiger partial charge in [0.1, 0.15) is 0 Å². The first kappa shape index (κ1) is 24.4. The molecule has 0 spiro atoms. The Labute approximate surface area is 187 Å². The Morgan fingerprint density at radius 1 is 1.20 bits per heavy atom. The molecule has 0 saturated carbocycles. The Bertz CT molecular complexity index is 714. The highest BCUT2D eigenvalue weighted by atomic mass is 79.9. The summed E-state index contributed by atoms with van der Waals surface area (Å²) in [7, 11) is 5.54. The van der Waals surface area contributed by atoms with Crippen molar-refractivity contribution in [2.75, 3.05) is 65.4 Å². The van der Waals surface area contributed by atoms with Crippen molar-refractivity contribution in [2.24, 2.45) is 0 Å². The molecule has 2 amide bonds. The number of piperidine rings is 1. The number of benzene rings is 1. The average molecular weight is 484 g/mol. The van der Waals surface area contributed by atoms with E-state index < -0.39 is 0 Å². The second kappa shape index (κ2) is 12.1. The number of nitrogens with zero attached hydrogens (tertiary/aromatic N) is 2. The largest absolute Gasteiger partial charge is 0.450 e. The van der Waals surface area contributed by atoms with Crippen molar-refractivity contribution in [1.82, 2.24) is 20.9 Å². The lowest BCUT2D eigenvalue weighted by Crippen LogP contribution is -2.50. The number of likely N-dealkylation sites (N-methyl/N-ethyl adjacent to an activating group) is 3. The number of ether oxygens (including phenoxy) is 1. The predicted molar refractivity (Wildman–Crippen MR) is 123 cm³/mol. The average Bonchev–Trinajstić information content (AvgIpc) is 3.07. The van der Waals surface area contributed by atoms with E-state index >= 15 is 0 Å². The zero-order valence-electron chi connectivity index (χ0n) is 18.3. The molecule has 2 heterocycles. The van der Waals surface area contributed by atoms with Crippen LogP contribution in [0.2, 0.25) is 0 Å². The number of carbonyl (C=O) groups excluding carboxylic acids is 2. The van der Waals surface area contributed by atoms with Gasteiger partial charge in [-0.1, -0.05) is 12.1 Å². The van der Waals surface area contributed by atoms with Crippen LogP contribution in [0.15, 0.2) is 22.7 Å². The molecule has 3 rings (SSSR count). The molecule has 0 aromatic heterocycles. The van der Waals surface area contributed by atoms with Crippen LogP contribution in [0.4, 0.5) is 10.5 Å². The first-order valence-electron chi connectivity index (χ1n) is 10.4. The van der Waals surface area contributed by atoms with Crippen molar-refractivity contribution in [2.45, 2.75) is 25.3 Å². The predicted octanol–water partition coefficient (Wildman–Crippen LogP) is 1.75. The summed E-state index contributed by atoms with van der Waals surface area (Å²) in [6, 6.07) is 6.32. The highest BCUT2D eigenvalue weighted by molar-refractivity contribution is 9.10. The summed E-state index contributed by atoms with van der Waals surface area (Å²) in [5, 5.41) is 8.71. The molecule has 1 fully saturated rings. The van der Waals surface area contributed by atoms with E-state index in [0.717, 1.165) is 29.7 Å². The van der Waals surface area contributed by atoms with Crippen LogP contribution in [0.3, 0.4) is 0 Å². The summed E-state index contributed by atoms with van der Waals surface area (Å²) in [4.78, 5) is 28.0. The van der Waals surface area contributed by atoms with E-state index in [0.29, 0.717) is 26.2 Å². The summed E-state index contributed by atoms with van der Waals surface area (Å²) >= 11 is 3.62. The number of likely N-dealkylation sites (tertiary alicyclic amines) is 1. The van der Waals surface area contributed by atoms with Gasteiger partial charge in [0.2, 0.25) is 5.91 Å². The lowest BCUT2D eigenvalue weighted by molar-refractivity contribution is -0.119. The Hall–Kier alpha value is -1.84. The minimum absolute atomic E-state index is 0.00910. The van der Waals surface area contributed by atoms with Crippen LogP contribution in [-0.4, -0.2) is 83.4 Å². The van der Waals surface area contributed by atoms with Gasteiger partial charge in [0, 0.05) is 49.7 Å². The maximum Gasteiger partial charge on any atom is 0.409 e. The van der Waals surface area contributed by atoms with Gasteiger partial charge in [0.25, 0.3) is 0 Å². The van der Waals surface area contributed by atoms with Gasteiger partial charge < -0.3 is 30.5 Å². The highest BCUT2D eigenvalue weighted by Gasteiger charge is 2.44. The number of amides is 2. The Balaban J connectivity index is 0.000000469. The third-order valence-corrected chi connectivity index (χ3v) is 6.07. The van der Waals surface area contributed by atoms with Crippen molar-refractivity contribution in [3.63, 3.8) is 0 Å². The Morgan fingerprint density at radius 3 is 2.50 bits per heavy atom. The lowest BCUT2D eigenvalue weighted by Gasteiger charge is -2.38. The first-order valence-corrected chi connectivity index (χ1v) is 11.2. The maximum absolute atomic E-state index is 12.1. The molecular formula is C21H34BrN5O3. The van der Waals surface area contributed by atoms with Crippen LogP contribution >= 0.6 is 15.9 Å². The third-order valence-electron chi connectivity index (χ3n) is 5.43. The van der Waals surface area contributed by atoms with Gasteiger partial charge in [-0.05, 0) is 55.0 Å². The number of fused-ring (bicyclic) bond motifs is 3. The SMILES string of the molecule is CCOC(=O)N1CC[C@H]2[C@@H](C1)c1cccc(Br)c1N2CC(=O)NC.CNCCNC. The number of rotatable bonds is 6. The standard InChI is InChI=1S/C17H22BrN3O3.C4H12N2/c1-3-24-17(23)20-8-7-14-12(9-20)11-5-4-6-13(18)16(11)21(14)10-15(22)19-2;1-5-3-4-6-2/h4-6,12,14H,3,7-10H2,1-2H3,(H,19,22);5-6H,3-4H2,1-2H3/t12-,14-;/m0./s1. The number of hydrogen-bond donors (Lipinski definition) is 3. The van der Waals surface area contributed by atoms with Crippen molar-refractivity contribution in [3.05, 3.63) is 28.2 Å². The molecule has 1 aromatic rings. The lowest BCUT2D eigenvalue weighted by atomic mass is 9.89. The van der Waals surface area contributed by atoms with Gasteiger partial charge >= 0.3 is 6.09 Å². The van der Waals surface area contributed by atoms with E-state index in [1.807, 2.05) is 33.2 Å². The summed E-state index contributed by atoms with van der Waals surface area (Å²) in [6.45, 7) is 5.90. The number of para-hydroxylation sites is 1. The molecule has 1 saturated heterocycles. The van der Waals surface area contributed by atoms with Gasteiger partial charge in [0.15, 0.2) is 0 Å². The van der Waals surface area contributed by atoms with Crippen molar-refractivity contribution in [3.8, 4) is 0 Å². The molecule has 8 nitrogen and oxygen atoms in total. The monoisotopic (exact) mass is 483 g/mol. The smallest absolute Gasteiger partial charge is 0.409 e. The van der Waals surface area contributed by atoms with E-state index in [4.69, 9.17) is 4.74 Å². The fourth-order valence-corrected chi connectivity index (χ4v) is 4.59. The highest BCUT2D eigenvalue weighted by Crippen LogP contribution is 2.47. The Morgan fingerprint density at radius 2 is 1.90 bits per heavy atom. The van der Waals surface area contributed by atoms with E-state index in [1.54, 1.807) is 11.9 Å². The first-order chi connectivity index (χ1) is 14.5. The van der Waals surface area contributed by atoms with E-state index in [1.165, 1.54) is 5.56 Å². The summed E-state index contributed by atoms with van der Waals surface area (Å²) in [6.07, 6.45) is 0.568. The van der Waals surface area contributed by atoms with Gasteiger partial charge in [-0.25, -0.2) is 4.79 Å². The van der Waals surface area contributed by atoms with Crippen LogP contribution in [-0.2, 0) is 9.53 Å².